The molecule has 1 aromatic rings. The quantitative estimate of drug-likeness (QED) is 0.767. The van der Waals surface area contributed by atoms with E-state index in [-0.39, 0.29) is 11.7 Å². The monoisotopic (exact) mass is 262 g/mol. The molecule has 104 valence electrons. The lowest BCUT2D eigenvalue weighted by atomic mass is 9.91. The van der Waals surface area contributed by atoms with Crippen molar-refractivity contribution < 1.29 is 14.6 Å². The zero-order valence-corrected chi connectivity index (χ0v) is 11.6. The van der Waals surface area contributed by atoms with E-state index in [9.17, 15) is 9.90 Å². The molecule has 19 heavy (non-hydrogen) atoms. The van der Waals surface area contributed by atoms with Crippen LogP contribution in [0.5, 0.6) is 5.75 Å². The molecule has 0 saturated heterocycles. The topological polar surface area (TPSA) is 46.5 Å². The van der Waals surface area contributed by atoms with E-state index in [0.717, 1.165) is 31.4 Å². The Morgan fingerprint density at radius 1 is 1.26 bits per heavy atom. The number of aliphatic hydroxyl groups is 1. The van der Waals surface area contributed by atoms with E-state index in [2.05, 4.69) is 0 Å². The molecule has 0 radical (unpaired) electrons. The maximum absolute atomic E-state index is 12.2. The molecule has 0 bridgehead atoms. The minimum atomic E-state index is -0.898. The van der Waals surface area contributed by atoms with E-state index in [0.29, 0.717) is 11.7 Å². The summed E-state index contributed by atoms with van der Waals surface area (Å²) in [5, 5.41) is 10.1. The van der Waals surface area contributed by atoms with Gasteiger partial charge in [0.1, 0.15) is 11.9 Å². The van der Waals surface area contributed by atoms with Gasteiger partial charge in [-0.2, -0.15) is 0 Å². The molecule has 1 atom stereocenters. The van der Waals surface area contributed by atoms with Crippen LogP contribution in [0, 0.1) is 5.92 Å². The first-order chi connectivity index (χ1) is 9.15. The van der Waals surface area contributed by atoms with Crippen molar-refractivity contribution in [3.05, 3.63) is 29.8 Å². The van der Waals surface area contributed by atoms with Gasteiger partial charge in [0.15, 0.2) is 5.78 Å². The maximum Gasteiger partial charge on any atom is 0.191 e. The fourth-order valence-electron chi connectivity index (χ4n) is 2.20. The standard InChI is InChI=1S/C16H22O3/c1-3-11(4-2)15(17)16(18)12-5-7-13(8-6-12)19-14-9-10-14/h5-8,11,14-15,17H,3-4,9-10H2,1-2H3. The second kappa shape index (κ2) is 6.20. The van der Waals surface area contributed by atoms with E-state index < -0.39 is 6.10 Å². The molecule has 1 unspecified atom stereocenters. The largest absolute Gasteiger partial charge is 0.490 e. The Labute approximate surface area is 114 Å². The SMILES string of the molecule is CCC(CC)C(O)C(=O)c1ccc(OC2CC2)cc1. The fraction of sp³-hybridized carbons (Fsp3) is 0.562. The molecule has 1 fully saturated rings. The third-order valence-corrected chi connectivity index (χ3v) is 3.73. The van der Waals surface area contributed by atoms with Crippen LogP contribution in [0.1, 0.15) is 49.9 Å². The minimum Gasteiger partial charge on any atom is -0.490 e. The lowest BCUT2D eigenvalue weighted by Crippen LogP contribution is -2.28. The zero-order valence-electron chi connectivity index (χ0n) is 11.6. The highest BCUT2D eigenvalue weighted by molar-refractivity contribution is 5.99. The van der Waals surface area contributed by atoms with Crippen LogP contribution in [0.4, 0.5) is 0 Å². The van der Waals surface area contributed by atoms with E-state index >= 15 is 0 Å². The van der Waals surface area contributed by atoms with Crippen LogP contribution in [0.2, 0.25) is 0 Å². The number of aliphatic hydroxyl groups excluding tert-OH is 1. The highest BCUT2D eigenvalue weighted by Crippen LogP contribution is 2.27. The Morgan fingerprint density at radius 3 is 2.32 bits per heavy atom. The smallest absolute Gasteiger partial charge is 0.191 e. The van der Waals surface area contributed by atoms with Crippen LogP contribution in [0.25, 0.3) is 0 Å². The van der Waals surface area contributed by atoms with E-state index in [1.165, 1.54) is 0 Å². The first kappa shape index (κ1) is 14.1. The van der Waals surface area contributed by atoms with Crippen LogP contribution in [-0.4, -0.2) is 23.1 Å². The van der Waals surface area contributed by atoms with Crippen molar-refractivity contribution in [2.24, 2.45) is 5.92 Å². The molecule has 1 saturated carbocycles. The van der Waals surface area contributed by atoms with Crippen molar-refractivity contribution in [2.45, 2.75) is 51.7 Å². The molecule has 2 rings (SSSR count). The van der Waals surface area contributed by atoms with Gasteiger partial charge in [-0.3, -0.25) is 4.79 Å². The first-order valence-corrected chi connectivity index (χ1v) is 7.14. The van der Waals surface area contributed by atoms with Crippen molar-refractivity contribution in [3.8, 4) is 5.75 Å². The van der Waals surface area contributed by atoms with Crippen LogP contribution in [0.3, 0.4) is 0 Å². The van der Waals surface area contributed by atoms with Crippen LogP contribution in [-0.2, 0) is 0 Å². The summed E-state index contributed by atoms with van der Waals surface area (Å²) >= 11 is 0. The molecule has 0 heterocycles. The van der Waals surface area contributed by atoms with Gasteiger partial charge in [-0.05, 0) is 43.0 Å². The number of carbonyl (C=O) groups is 1. The molecular weight excluding hydrogens is 240 g/mol. The van der Waals surface area contributed by atoms with Gasteiger partial charge >= 0.3 is 0 Å². The van der Waals surface area contributed by atoms with Gasteiger partial charge in [0.2, 0.25) is 0 Å². The Bertz CT molecular complexity index is 416. The first-order valence-electron chi connectivity index (χ1n) is 7.14. The van der Waals surface area contributed by atoms with Gasteiger partial charge in [0.05, 0.1) is 6.10 Å². The Hall–Kier alpha value is -1.35. The second-order valence-corrected chi connectivity index (χ2v) is 5.23. The summed E-state index contributed by atoms with van der Waals surface area (Å²) in [5.74, 6) is 0.651. The molecule has 1 aliphatic carbocycles. The van der Waals surface area contributed by atoms with E-state index in [4.69, 9.17) is 4.74 Å². The third kappa shape index (κ3) is 3.57. The molecule has 0 amide bonds. The summed E-state index contributed by atoms with van der Waals surface area (Å²) in [5.41, 5.74) is 0.558. The van der Waals surface area contributed by atoms with Gasteiger partial charge in [0, 0.05) is 5.56 Å². The predicted molar refractivity (Wildman–Crippen MR) is 74.5 cm³/mol. The van der Waals surface area contributed by atoms with Crippen molar-refractivity contribution >= 4 is 5.78 Å². The van der Waals surface area contributed by atoms with Gasteiger partial charge in [-0.15, -0.1) is 0 Å². The molecule has 1 N–H and O–H groups in total. The van der Waals surface area contributed by atoms with Crippen molar-refractivity contribution in [3.63, 3.8) is 0 Å². The number of Topliss-reactive ketones (excluding diaryl/α,β-unsaturated/α-hetero) is 1. The number of hydrogen-bond acceptors (Lipinski definition) is 3. The van der Waals surface area contributed by atoms with Gasteiger partial charge in [-0.1, -0.05) is 26.7 Å². The Morgan fingerprint density at radius 2 is 1.84 bits per heavy atom. The van der Waals surface area contributed by atoms with E-state index in [1.54, 1.807) is 12.1 Å². The molecule has 3 nitrogen and oxygen atoms in total. The number of benzene rings is 1. The molecular formula is C16H22O3. The molecule has 1 aromatic carbocycles. The van der Waals surface area contributed by atoms with Crippen LogP contribution >= 0.6 is 0 Å². The molecule has 0 aromatic heterocycles. The van der Waals surface area contributed by atoms with Crippen LogP contribution < -0.4 is 4.74 Å². The molecule has 1 aliphatic rings. The summed E-state index contributed by atoms with van der Waals surface area (Å²) in [7, 11) is 0. The normalized spacial score (nSPS) is 16.4. The molecule has 0 spiro atoms. The summed E-state index contributed by atoms with van der Waals surface area (Å²) in [6.07, 6.45) is 3.32. The predicted octanol–water partition coefficient (Wildman–Crippen LogP) is 3.21. The maximum atomic E-state index is 12.2. The van der Waals surface area contributed by atoms with Crippen molar-refractivity contribution in [2.75, 3.05) is 0 Å². The summed E-state index contributed by atoms with van der Waals surface area (Å²) < 4.78 is 5.64. The lowest BCUT2D eigenvalue weighted by molar-refractivity contribution is 0.0588. The van der Waals surface area contributed by atoms with Gasteiger partial charge in [-0.25, -0.2) is 0 Å². The summed E-state index contributed by atoms with van der Waals surface area (Å²) in [6, 6.07) is 7.10. The Balaban J connectivity index is 2.01. The van der Waals surface area contributed by atoms with Crippen molar-refractivity contribution in [1.82, 2.24) is 0 Å². The minimum absolute atomic E-state index is 0.0369. The van der Waals surface area contributed by atoms with Crippen LogP contribution in [0.15, 0.2) is 24.3 Å². The molecule has 0 aliphatic heterocycles. The summed E-state index contributed by atoms with van der Waals surface area (Å²) in [6.45, 7) is 3.99. The zero-order chi connectivity index (χ0) is 13.8. The fourth-order valence-corrected chi connectivity index (χ4v) is 2.20. The highest BCUT2D eigenvalue weighted by atomic mass is 16.5. The van der Waals surface area contributed by atoms with Gasteiger partial charge in [0.25, 0.3) is 0 Å². The average Bonchev–Trinajstić information content (AvgIpc) is 3.24. The second-order valence-electron chi connectivity index (χ2n) is 5.23. The van der Waals surface area contributed by atoms with Gasteiger partial charge < -0.3 is 9.84 Å². The highest BCUT2D eigenvalue weighted by Gasteiger charge is 2.25. The lowest BCUT2D eigenvalue weighted by Gasteiger charge is -2.18. The number of hydrogen-bond donors (Lipinski definition) is 1. The number of carbonyl (C=O) groups excluding carboxylic acids is 1. The summed E-state index contributed by atoms with van der Waals surface area (Å²) in [4.78, 5) is 12.2. The average molecular weight is 262 g/mol. The number of rotatable bonds is 7. The number of ether oxygens (including phenoxy) is 1. The molecule has 3 heteroatoms. The van der Waals surface area contributed by atoms with E-state index in [1.807, 2.05) is 26.0 Å². The third-order valence-electron chi connectivity index (χ3n) is 3.73. The number of ketones is 1. The van der Waals surface area contributed by atoms with Crippen molar-refractivity contribution in [1.29, 1.82) is 0 Å². The Kier molecular flexibility index (Phi) is 4.59.